The second kappa shape index (κ2) is 5.66. The molecule has 6 heteroatoms. The van der Waals surface area contributed by atoms with Crippen LogP contribution in [0.15, 0.2) is 34.9 Å². The van der Waals surface area contributed by atoms with E-state index in [-0.39, 0.29) is 5.82 Å². The van der Waals surface area contributed by atoms with E-state index in [2.05, 4.69) is 4.98 Å². The van der Waals surface area contributed by atoms with Gasteiger partial charge >= 0.3 is 5.97 Å². The van der Waals surface area contributed by atoms with Gasteiger partial charge in [-0.05, 0) is 32.0 Å². The number of carboxylic acid groups (broad SMARTS) is 1. The fraction of sp³-hybridized carbons (Fsp3) is 0.286. The topological polar surface area (TPSA) is 63.3 Å². The molecule has 0 saturated heterocycles. The van der Waals surface area contributed by atoms with Crippen LogP contribution < -0.4 is 0 Å². The number of benzene rings is 1. The summed E-state index contributed by atoms with van der Waals surface area (Å²) in [5, 5.41) is 9.03. The maximum atomic E-state index is 13.1. The minimum absolute atomic E-state index is 0.327. The van der Waals surface area contributed by atoms with Gasteiger partial charge in [0.1, 0.15) is 16.8 Å². The molecule has 0 aliphatic rings. The number of aliphatic carboxylic acids is 1. The Morgan fingerprint density at radius 1 is 1.50 bits per heavy atom. The Hall–Kier alpha value is -1.82. The van der Waals surface area contributed by atoms with Gasteiger partial charge in [0.25, 0.3) is 0 Å². The Balaban J connectivity index is 2.08. The van der Waals surface area contributed by atoms with Gasteiger partial charge in [0.05, 0.1) is 5.69 Å². The molecule has 1 N–H and O–H groups in total. The van der Waals surface area contributed by atoms with Crippen LogP contribution in [0.2, 0.25) is 0 Å². The Kier molecular flexibility index (Phi) is 4.13. The molecule has 1 aromatic heterocycles. The van der Waals surface area contributed by atoms with Crippen LogP contribution in [0, 0.1) is 5.82 Å². The summed E-state index contributed by atoms with van der Waals surface area (Å²) in [6, 6.07) is 5.96. The molecule has 106 valence electrons. The zero-order valence-electron chi connectivity index (χ0n) is 11.1. The van der Waals surface area contributed by atoms with Crippen molar-refractivity contribution < 1.29 is 18.7 Å². The number of rotatable bonds is 5. The summed E-state index contributed by atoms with van der Waals surface area (Å²) in [6.45, 7) is 3.27. The van der Waals surface area contributed by atoms with Crippen LogP contribution in [0.5, 0.6) is 0 Å². The van der Waals surface area contributed by atoms with Crippen LogP contribution in [-0.4, -0.2) is 20.8 Å². The van der Waals surface area contributed by atoms with Crippen molar-refractivity contribution in [1.82, 2.24) is 4.98 Å². The van der Waals surface area contributed by atoms with Crippen molar-refractivity contribution in [3.63, 3.8) is 0 Å². The monoisotopic (exact) mass is 295 g/mol. The zero-order valence-corrected chi connectivity index (χ0v) is 11.9. The molecule has 1 aromatic carbocycles. The highest BCUT2D eigenvalue weighted by atomic mass is 32.2. The molecule has 2 aromatic rings. The summed E-state index contributed by atoms with van der Waals surface area (Å²) in [6.07, 6.45) is 1.46. The number of hydrogen-bond donors (Lipinski definition) is 1. The third-order valence-electron chi connectivity index (χ3n) is 2.72. The van der Waals surface area contributed by atoms with Gasteiger partial charge in [-0.3, -0.25) is 4.79 Å². The lowest BCUT2D eigenvalue weighted by Gasteiger charge is -2.17. The number of hydrogen-bond acceptors (Lipinski definition) is 4. The second-order valence-electron chi connectivity index (χ2n) is 4.76. The van der Waals surface area contributed by atoms with Crippen LogP contribution in [0.1, 0.15) is 19.5 Å². The van der Waals surface area contributed by atoms with Crippen LogP contribution in [0.4, 0.5) is 4.39 Å². The lowest BCUT2D eigenvalue weighted by atomic mass is 10.2. The number of carbonyl (C=O) groups is 1. The molecule has 0 saturated carbocycles. The molecule has 0 atom stereocenters. The molecule has 0 aliphatic carbocycles. The van der Waals surface area contributed by atoms with Crippen molar-refractivity contribution >= 4 is 17.7 Å². The van der Waals surface area contributed by atoms with Crippen molar-refractivity contribution in [2.24, 2.45) is 0 Å². The van der Waals surface area contributed by atoms with Gasteiger partial charge in [0.2, 0.25) is 5.89 Å². The Labute approximate surface area is 120 Å². The van der Waals surface area contributed by atoms with Crippen LogP contribution >= 0.6 is 11.8 Å². The molecule has 0 bridgehead atoms. The predicted octanol–water partition coefficient (Wildman–Crippen LogP) is 3.58. The predicted molar refractivity (Wildman–Crippen MR) is 74.9 cm³/mol. The number of oxazole rings is 1. The quantitative estimate of drug-likeness (QED) is 0.913. The first kappa shape index (κ1) is 14.6. The minimum atomic E-state index is -0.891. The standard InChI is InChI=1S/C14H14FNO3S/c1-14(2,13(17)18)20-8-11-7-19-12(16-11)9-4-3-5-10(15)6-9/h3-7H,8H2,1-2H3,(H,17,18). The number of halogens is 1. The van der Waals surface area contributed by atoms with Crippen molar-refractivity contribution in [3.05, 3.63) is 42.0 Å². The van der Waals surface area contributed by atoms with Gasteiger partial charge in [-0.25, -0.2) is 9.37 Å². The van der Waals surface area contributed by atoms with E-state index in [1.165, 1.54) is 30.2 Å². The Morgan fingerprint density at radius 2 is 2.25 bits per heavy atom. The fourth-order valence-corrected chi connectivity index (χ4v) is 2.21. The molecule has 1 heterocycles. The van der Waals surface area contributed by atoms with E-state index < -0.39 is 10.7 Å². The summed E-state index contributed by atoms with van der Waals surface area (Å²) >= 11 is 1.26. The smallest absolute Gasteiger partial charge is 0.319 e. The van der Waals surface area contributed by atoms with Crippen molar-refractivity contribution in [2.45, 2.75) is 24.3 Å². The van der Waals surface area contributed by atoms with Crippen LogP contribution in [-0.2, 0) is 10.5 Å². The fourth-order valence-electron chi connectivity index (χ4n) is 1.44. The first-order chi connectivity index (χ1) is 9.38. The summed E-state index contributed by atoms with van der Waals surface area (Å²) in [7, 11) is 0. The van der Waals surface area contributed by atoms with E-state index in [0.717, 1.165) is 0 Å². The van der Waals surface area contributed by atoms with Crippen molar-refractivity contribution in [1.29, 1.82) is 0 Å². The average Bonchev–Trinajstić information content (AvgIpc) is 2.85. The summed E-state index contributed by atoms with van der Waals surface area (Å²) in [4.78, 5) is 15.2. The molecule has 0 radical (unpaired) electrons. The van der Waals surface area contributed by atoms with Crippen LogP contribution in [0.3, 0.4) is 0 Å². The lowest BCUT2D eigenvalue weighted by molar-refractivity contribution is -0.138. The van der Waals surface area contributed by atoms with Gasteiger partial charge in [-0.15, -0.1) is 11.8 Å². The highest BCUT2D eigenvalue weighted by Gasteiger charge is 2.27. The van der Waals surface area contributed by atoms with Gasteiger partial charge in [0, 0.05) is 11.3 Å². The van der Waals surface area contributed by atoms with E-state index in [1.807, 2.05) is 0 Å². The minimum Gasteiger partial charge on any atom is -0.480 e. The molecular formula is C14H14FNO3S. The molecule has 20 heavy (non-hydrogen) atoms. The highest BCUT2D eigenvalue weighted by molar-refractivity contribution is 8.00. The third kappa shape index (κ3) is 3.39. The van der Waals surface area contributed by atoms with E-state index in [9.17, 15) is 9.18 Å². The van der Waals surface area contributed by atoms with E-state index in [1.54, 1.807) is 26.0 Å². The average molecular weight is 295 g/mol. The molecule has 0 amide bonds. The lowest BCUT2D eigenvalue weighted by Crippen LogP contribution is -2.27. The van der Waals surface area contributed by atoms with E-state index in [0.29, 0.717) is 22.9 Å². The van der Waals surface area contributed by atoms with Gasteiger partial charge in [-0.1, -0.05) is 6.07 Å². The number of carboxylic acids is 1. The normalized spacial score (nSPS) is 11.6. The first-order valence-electron chi connectivity index (χ1n) is 5.96. The molecule has 2 rings (SSSR count). The van der Waals surface area contributed by atoms with E-state index in [4.69, 9.17) is 9.52 Å². The van der Waals surface area contributed by atoms with Gasteiger partial charge in [0.15, 0.2) is 0 Å². The summed E-state index contributed by atoms with van der Waals surface area (Å²) in [5.74, 6) is -0.494. The number of aromatic nitrogens is 1. The summed E-state index contributed by atoms with van der Waals surface area (Å²) < 4.78 is 17.5. The third-order valence-corrected chi connectivity index (χ3v) is 4.06. The van der Waals surface area contributed by atoms with Gasteiger partial charge < -0.3 is 9.52 Å². The Morgan fingerprint density at radius 3 is 2.90 bits per heavy atom. The van der Waals surface area contributed by atoms with E-state index >= 15 is 0 Å². The van der Waals surface area contributed by atoms with Crippen molar-refractivity contribution in [2.75, 3.05) is 0 Å². The maximum absolute atomic E-state index is 13.1. The van der Waals surface area contributed by atoms with Crippen molar-refractivity contribution in [3.8, 4) is 11.5 Å². The molecule has 0 spiro atoms. The molecule has 4 nitrogen and oxygen atoms in total. The second-order valence-corrected chi connectivity index (χ2v) is 6.36. The SMILES string of the molecule is CC(C)(SCc1coc(-c2cccc(F)c2)n1)C(=O)O. The largest absolute Gasteiger partial charge is 0.480 e. The summed E-state index contributed by atoms with van der Waals surface area (Å²) in [5.41, 5.74) is 1.18. The number of thioether (sulfide) groups is 1. The molecule has 0 aliphatic heterocycles. The maximum Gasteiger partial charge on any atom is 0.319 e. The Bertz CT molecular complexity index is 624. The first-order valence-corrected chi connectivity index (χ1v) is 6.95. The zero-order chi connectivity index (χ0) is 14.8. The molecule has 0 fully saturated rings. The highest BCUT2D eigenvalue weighted by Crippen LogP contribution is 2.29. The number of nitrogens with zero attached hydrogens (tertiary/aromatic N) is 1. The molecule has 0 unspecified atom stereocenters. The van der Waals surface area contributed by atoms with Crippen LogP contribution in [0.25, 0.3) is 11.5 Å². The molecular weight excluding hydrogens is 281 g/mol. The van der Waals surface area contributed by atoms with Gasteiger partial charge in [-0.2, -0.15) is 0 Å².